The van der Waals surface area contributed by atoms with E-state index in [-0.39, 0.29) is 17.0 Å². The van der Waals surface area contributed by atoms with Crippen LogP contribution in [0.5, 0.6) is 5.75 Å². The zero-order chi connectivity index (χ0) is 22.7. The fourth-order valence-electron chi connectivity index (χ4n) is 3.84. The zero-order valence-electron chi connectivity index (χ0n) is 17.6. The Kier molecular flexibility index (Phi) is 6.02. The second-order valence-corrected chi connectivity index (χ2v) is 7.58. The first-order valence-corrected chi connectivity index (χ1v) is 10.3. The van der Waals surface area contributed by atoms with E-state index in [1.807, 2.05) is 17.0 Å². The zero-order valence-corrected chi connectivity index (χ0v) is 17.6. The molecular weight excluding hydrogens is 412 g/mol. The van der Waals surface area contributed by atoms with E-state index < -0.39 is 17.5 Å². The van der Waals surface area contributed by atoms with Crippen molar-refractivity contribution in [2.75, 3.05) is 31.7 Å². The van der Waals surface area contributed by atoms with Gasteiger partial charge in [-0.1, -0.05) is 18.2 Å². The maximum atomic E-state index is 12.5. The third kappa shape index (κ3) is 4.39. The highest BCUT2D eigenvalue weighted by Crippen LogP contribution is 2.32. The number of anilines is 1. The highest BCUT2D eigenvalue weighted by Gasteiger charge is 2.24. The van der Waals surface area contributed by atoms with Crippen molar-refractivity contribution in [3.05, 3.63) is 75.8 Å². The number of esters is 1. The number of nitrogens with zero attached hydrogens (tertiary/aromatic N) is 2. The van der Waals surface area contributed by atoms with Crippen molar-refractivity contribution >= 4 is 33.9 Å². The van der Waals surface area contributed by atoms with Gasteiger partial charge in [0.1, 0.15) is 11.4 Å². The summed E-state index contributed by atoms with van der Waals surface area (Å²) in [4.78, 5) is 37.9. The highest BCUT2D eigenvalue weighted by atomic mass is 16.6. The third-order valence-electron chi connectivity index (χ3n) is 5.56. The Morgan fingerprint density at radius 3 is 2.38 bits per heavy atom. The number of carbonyl (C=O) groups is 2. The summed E-state index contributed by atoms with van der Waals surface area (Å²) in [7, 11) is 1.59. The largest absolute Gasteiger partial charge is 0.497 e. The Bertz CT molecular complexity index is 1200. The van der Waals surface area contributed by atoms with Crippen LogP contribution in [0.4, 0.5) is 11.4 Å². The van der Waals surface area contributed by atoms with Crippen molar-refractivity contribution in [3.63, 3.8) is 0 Å². The molecule has 8 nitrogen and oxygen atoms in total. The van der Waals surface area contributed by atoms with Crippen LogP contribution in [-0.2, 0) is 4.74 Å². The first kappa shape index (κ1) is 21.3. The average molecular weight is 434 g/mol. The van der Waals surface area contributed by atoms with Gasteiger partial charge in [0.2, 0.25) is 0 Å². The third-order valence-corrected chi connectivity index (χ3v) is 5.56. The van der Waals surface area contributed by atoms with Gasteiger partial charge < -0.3 is 14.4 Å². The molecule has 1 heterocycles. The van der Waals surface area contributed by atoms with Gasteiger partial charge in [-0.05, 0) is 53.9 Å². The standard InChI is InChI=1S/C24H22N2O6/c1-31-20-8-6-16-12-18(5-4-17(16)13-20)23(27)15-32-24(28)19-7-9-21(22(14-19)26(29)30)25-10-2-3-11-25/h4-9,12-14H,2-3,10-11,15H2,1H3. The van der Waals surface area contributed by atoms with Gasteiger partial charge in [0.15, 0.2) is 12.4 Å². The van der Waals surface area contributed by atoms with Crippen molar-refractivity contribution in [1.29, 1.82) is 0 Å². The molecule has 4 rings (SSSR count). The molecule has 0 radical (unpaired) electrons. The normalized spacial score (nSPS) is 13.2. The smallest absolute Gasteiger partial charge is 0.338 e. The van der Waals surface area contributed by atoms with Crippen molar-refractivity contribution in [2.24, 2.45) is 0 Å². The maximum absolute atomic E-state index is 12.5. The summed E-state index contributed by atoms with van der Waals surface area (Å²) >= 11 is 0. The van der Waals surface area contributed by atoms with Gasteiger partial charge in [-0.25, -0.2) is 4.79 Å². The van der Waals surface area contributed by atoms with Crippen LogP contribution in [-0.4, -0.2) is 43.5 Å². The molecule has 0 N–H and O–H groups in total. The highest BCUT2D eigenvalue weighted by molar-refractivity contribution is 6.02. The molecule has 1 aliphatic rings. The number of hydrogen-bond donors (Lipinski definition) is 0. The van der Waals surface area contributed by atoms with Gasteiger partial charge in [-0.15, -0.1) is 0 Å². The number of benzene rings is 3. The van der Waals surface area contributed by atoms with Crippen LogP contribution in [0.3, 0.4) is 0 Å². The van der Waals surface area contributed by atoms with Gasteiger partial charge in [0.25, 0.3) is 5.69 Å². The van der Waals surface area contributed by atoms with E-state index in [0.717, 1.165) is 42.5 Å². The molecule has 0 aliphatic carbocycles. The summed E-state index contributed by atoms with van der Waals surface area (Å²) in [5, 5.41) is 13.3. The Labute approximate surface area is 184 Å². The summed E-state index contributed by atoms with van der Waals surface area (Å²) in [6.07, 6.45) is 1.96. The average Bonchev–Trinajstić information content (AvgIpc) is 3.36. The Morgan fingerprint density at radius 2 is 1.66 bits per heavy atom. The first-order valence-electron chi connectivity index (χ1n) is 10.3. The number of Topliss-reactive ketones (excluding diaryl/α,β-unsaturated/α-hetero) is 1. The fraction of sp³-hybridized carbons (Fsp3) is 0.250. The van der Waals surface area contributed by atoms with E-state index in [2.05, 4.69) is 0 Å². The van der Waals surface area contributed by atoms with Crippen LogP contribution < -0.4 is 9.64 Å². The van der Waals surface area contributed by atoms with E-state index >= 15 is 0 Å². The monoisotopic (exact) mass is 434 g/mol. The van der Waals surface area contributed by atoms with Crippen LogP contribution in [0.2, 0.25) is 0 Å². The number of nitro groups is 1. The van der Waals surface area contributed by atoms with E-state index in [4.69, 9.17) is 9.47 Å². The van der Waals surface area contributed by atoms with E-state index in [1.54, 1.807) is 37.4 Å². The van der Waals surface area contributed by atoms with Crippen LogP contribution in [0.25, 0.3) is 10.8 Å². The SMILES string of the molecule is COc1ccc2cc(C(=O)COC(=O)c3ccc(N4CCCC4)c([N+](=O)[O-])c3)ccc2c1. The number of fused-ring (bicyclic) bond motifs is 1. The second-order valence-electron chi connectivity index (χ2n) is 7.58. The summed E-state index contributed by atoms with van der Waals surface area (Å²) in [6.45, 7) is 1.04. The van der Waals surface area contributed by atoms with Crippen molar-refractivity contribution in [2.45, 2.75) is 12.8 Å². The maximum Gasteiger partial charge on any atom is 0.338 e. The van der Waals surface area contributed by atoms with E-state index in [9.17, 15) is 19.7 Å². The predicted octanol–water partition coefficient (Wildman–Crippen LogP) is 4.40. The number of rotatable bonds is 7. The summed E-state index contributed by atoms with van der Waals surface area (Å²) in [5.74, 6) is -0.422. The molecule has 164 valence electrons. The Hall–Kier alpha value is -3.94. The van der Waals surface area contributed by atoms with Gasteiger partial charge in [-0.3, -0.25) is 14.9 Å². The minimum absolute atomic E-state index is 0.0399. The molecule has 8 heteroatoms. The van der Waals surface area contributed by atoms with Crippen molar-refractivity contribution in [3.8, 4) is 5.75 Å². The van der Waals surface area contributed by atoms with Crippen LogP contribution in [0.15, 0.2) is 54.6 Å². The molecule has 32 heavy (non-hydrogen) atoms. The van der Waals surface area contributed by atoms with Gasteiger partial charge in [0.05, 0.1) is 17.6 Å². The van der Waals surface area contributed by atoms with Crippen molar-refractivity contribution in [1.82, 2.24) is 0 Å². The molecule has 0 saturated carbocycles. The van der Waals surface area contributed by atoms with E-state index in [0.29, 0.717) is 11.3 Å². The quantitative estimate of drug-likeness (QED) is 0.235. The van der Waals surface area contributed by atoms with Crippen LogP contribution in [0, 0.1) is 10.1 Å². The topological polar surface area (TPSA) is 99.0 Å². The second kappa shape index (κ2) is 9.05. The number of carbonyl (C=O) groups excluding carboxylic acids is 2. The van der Waals surface area contributed by atoms with Crippen LogP contribution >= 0.6 is 0 Å². The number of nitro benzene ring substituents is 1. The number of hydrogen-bond acceptors (Lipinski definition) is 7. The lowest BCUT2D eigenvalue weighted by Crippen LogP contribution is -2.19. The van der Waals surface area contributed by atoms with Gasteiger partial charge in [-0.2, -0.15) is 0 Å². The summed E-state index contributed by atoms with van der Waals surface area (Å²) in [6, 6.07) is 15.0. The molecule has 3 aromatic carbocycles. The molecule has 0 aromatic heterocycles. The number of ketones is 1. The van der Waals surface area contributed by atoms with Gasteiger partial charge >= 0.3 is 5.97 Å². The minimum Gasteiger partial charge on any atom is -0.497 e. The summed E-state index contributed by atoms with van der Waals surface area (Å²) < 4.78 is 10.3. The lowest BCUT2D eigenvalue weighted by molar-refractivity contribution is -0.384. The van der Waals surface area contributed by atoms with Crippen molar-refractivity contribution < 1.29 is 24.0 Å². The Morgan fingerprint density at radius 1 is 0.969 bits per heavy atom. The van der Waals surface area contributed by atoms with E-state index in [1.165, 1.54) is 12.1 Å². The molecular formula is C24H22N2O6. The lowest BCUT2D eigenvalue weighted by atomic mass is 10.0. The lowest BCUT2D eigenvalue weighted by Gasteiger charge is -2.17. The molecule has 1 fully saturated rings. The minimum atomic E-state index is -0.778. The molecule has 0 bridgehead atoms. The molecule has 0 spiro atoms. The molecule has 3 aromatic rings. The molecule has 1 aliphatic heterocycles. The number of ether oxygens (including phenoxy) is 2. The number of methoxy groups -OCH3 is 1. The molecule has 0 amide bonds. The Balaban J connectivity index is 1.46. The van der Waals surface area contributed by atoms with Crippen LogP contribution in [0.1, 0.15) is 33.6 Å². The molecule has 0 atom stereocenters. The molecule has 0 unspecified atom stereocenters. The fourth-order valence-corrected chi connectivity index (χ4v) is 3.84. The molecule has 1 saturated heterocycles. The predicted molar refractivity (Wildman–Crippen MR) is 120 cm³/mol. The first-order chi connectivity index (χ1) is 15.5. The summed E-state index contributed by atoms with van der Waals surface area (Å²) in [5.41, 5.74) is 0.800. The van der Waals surface area contributed by atoms with Gasteiger partial charge in [0, 0.05) is 24.7 Å².